The van der Waals surface area contributed by atoms with Crippen LogP contribution in [0.5, 0.6) is 0 Å². The van der Waals surface area contributed by atoms with Gasteiger partial charge in [-0.1, -0.05) is 32.8 Å². The van der Waals surface area contributed by atoms with Crippen molar-refractivity contribution in [2.75, 3.05) is 0 Å². The highest BCUT2D eigenvalue weighted by Gasteiger charge is 2.24. The van der Waals surface area contributed by atoms with Gasteiger partial charge in [0.1, 0.15) is 5.69 Å². The Labute approximate surface area is 136 Å². The van der Waals surface area contributed by atoms with Gasteiger partial charge in [-0.05, 0) is 37.3 Å². The molecule has 2 heterocycles. The molecule has 0 aliphatic carbocycles. The zero-order valence-electron chi connectivity index (χ0n) is 13.7. The number of aromatic nitrogens is 2. The third-order valence-corrected chi connectivity index (χ3v) is 4.98. The molecule has 0 radical (unpaired) electrons. The molecule has 22 heavy (non-hydrogen) atoms. The fourth-order valence-corrected chi connectivity index (χ4v) is 3.48. The van der Waals surface area contributed by atoms with E-state index < -0.39 is 0 Å². The van der Waals surface area contributed by atoms with Gasteiger partial charge >= 0.3 is 0 Å². The Hall–Kier alpha value is -1.62. The lowest BCUT2D eigenvalue weighted by molar-refractivity contribution is 0.0914. The van der Waals surface area contributed by atoms with E-state index >= 15 is 0 Å². The number of hydrogen-bond acceptors (Lipinski definition) is 3. The van der Waals surface area contributed by atoms with Gasteiger partial charge in [-0.3, -0.25) is 9.48 Å². The van der Waals surface area contributed by atoms with Crippen LogP contribution in [0.25, 0.3) is 0 Å². The average Bonchev–Trinajstić information content (AvgIpc) is 3.18. The molecule has 1 N–H and O–H groups in total. The van der Waals surface area contributed by atoms with Crippen LogP contribution in [0.15, 0.2) is 29.8 Å². The van der Waals surface area contributed by atoms with Gasteiger partial charge in [0.25, 0.3) is 5.91 Å². The van der Waals surface area contributed by atoms with Crippen LogP contribution in [0.4, 0.5) is 0 Å². The maximum absolute atomic E-state index is 12.5. The number of carbonyl (C=O) groups excluding carboxylic acids is 1. The first kappa shape index (κ1) is 16.7. The van der Waals surface area contributed by atoms with Crippen molar-refractivity contribution in [3.8, 4) is 0 Å². The third kappa shape index (κ3) is 3.77. The number of rotatable bonds is 7. The second-order valence-electron chi connectivity index (χ2n) is 5.82. The van der Waals surface area contributed by atoms with Crippen molar-refractivity contribution >= 4 is 17.2 Å². The van der Waals surface area contributed by atoms with Gasteiger partial charge in [0.2, 0.25) is 0 Å². The monoisotopic (exact) mass is 319 g/mol. The van der Waals surface area contributed by atoms with Crippen molar-refractivity contribution in [1.82, 2.24) is 15.1 Å². The minimum atomic E-state index is -0.0929. The zero-order valence-corrected chi connectivity index (χ0v) is 14.6. The van der Waals surface area contributed by atoms with Crippen molar-refractivity contribution in [3.05, 3.63) is 40.3 Å². The standard InChI is InChI=1S/C17H25N3OS/c1-5-13(6-2)16(15-8-7-11-22-15)18-17(21)14-9-10-20(19-14)12(3)4/h7-13,16H,5-6H2,1-4H3,(H,18,21). The van der Waals surface area contributed by atoms with E-state index in [1.807, 2.05) is 30.8 Å². The number of hydrogen-bond donors (Lipinski definition) is 1. The molecule has 0 saturated carbocycles. The van der Waals surface area contributed by atoms with Gasteiger partial charge in [0.15, 0.2) is 0 Å². The van der Waals surface area contributed by atoms with Crippen molar-refractivity contribution < 1.29 is 4.79 Å². The second-order valence-corrected chi connectivity index (χ2v) is 6.80. The molecule has 0 aliphatic rings. The van der Waals surface area contributed by atoms with Crippen molar-refractivity contribution in [3.63, 3.8) is 0 Å². The molecule has 5 heteroatoms. The van der Waals surface area contributed by atoms with E-state index in [2.05, 4.69) is 35.7 Å². The topological polar surface area (TPSA) is 46.9 Å². The summed E-state index contributed by atoms with van der Waals surface area (Å²) in [5.74, 6) is 0.347. The van der Waals surface area contributed by atoms with Gasteiger partial charge in [0, 0.05) is 17.1 Å². The molecule has 1 amide bonds. The summed E-state index contributed by atoms with van der Waals surface area (Å²) in [7, 11) is 0. The Bertz CT molecular complexity index is 585. The van der Waals surface area contributed by atoms with Gasteiger partial charge in [0.05, 0.1) is 6.04 Å². The Morgan fingerprint density at radius 1 is 1.32 bits per heavy atom. The highest BCUT2D eigenvalue weighted by atomic mass is 32.1. The smallest absolute Gasteiger partial charge is 0.272 e. The molecule has 4 nitrogen and oxygen atoms in total. The Morgan fingerprint density at radius 2 is 2.05 bits per heavy atom. The fourth-order valence-electron chi connectivity index (χ4n) is 2.61. The molecule has 2 aromatic rings. The van der Waals surface area contributed by atoms with E-state index in [0.717, 1.165) is 12.8 Å². The molecule has 120 valence electrons. The van der Waals surface area contributed by atoms with E-state index in [4.69, 9.17) is 0 Å². The Kier molecular flexibility index (Phi) is 5.77. The van der Waals surface area contributed by atoms with Crippen LogP contribution >= 0.6 is 11.3 Å². The molecule has 0 saturated heterocycles. The van der Waals surface area contributed by atoms with E-state index in [1.54, 1.807) is 17.4 Å². The van der Waals surface area contributed by atoms with Crippen molar-refractivity contribution in [1.29, 1.82) is 0 Å². The summed E-state index contributed by atoms with van der Waals surface area (Å²) in [5, 5.41) is 9.61. The van der Waals surface area contributed by atoms with Crippen LogP contribution in [-0.2, 0) is 0 Å². The van der Waals surface area contributed by atoms with E-state index in [-0.39, 0.29) is 18.0 Å². The number of carbonyl (C=O) groups is 1. The largest absolute Gasteiger partial charge is 0.343 e. The minimum Gasteiger partial charge on any atom is -0.343 e. The summed E-state index contributed by atoms with van der Waals surface area (Å²) in [6.45, 7) is 8.45. The van der Waals surface area contributed by atoms with Crippen LogP contribution in [0.3, 0.4) is 0 Å². The van der Waals surface area contributed by atoms with Gasteiger partial charge in [-0.25, -0.2) is 0 Å². The van der Waals surface area contributed by atoms with Crippen LogP contribution in [0, 0.1) is 5.92 Å². The van der Waals surface area contributed by atoms with Crippen LogP contribution in [-0.4, -0.2) is 15.7 Å². The molecule has 2 rings (SSSR count). The first-order valence-electron chi connectivity index (χ1n) is 7.96. The lowest BCUT2D eigenvalue weighted by atomic mass is 9.93. The lowest BCUT2D eigenvalue weighted by Gasteiger charge is -2.25. The van der Waals surface area contributed by atoms with Crippen LogP contribution < -0.4 is 5.32 Å². The van der Waals surface area contributed by atoms with E-state index in [0.29, 0.717) is 11.6 Å². The van der Waals surface area contributed by atoms with Crippen molar-refractivity contribution in [2.24, 2.45) is 5.92 Å². The highest BCUT2D eigenvalue weighted by molar-refractivity contribution is 7.10. The normalized spacial score (nSPS) is 12.8. The summed E-state index contributed by atoms with van der Waals surface area (Å²) < 4.78 is 1.81. The molecule has 0 fully saturated rings. The zero-order chi connectivity index (χ0) is 16.1. The second kappa shape index (κ2) is 7.58. The first-order chi connectivity index (χ1) is 10.6. The minimum absolute atomic E-state index is 0.0618. The van der Waals surface area contributed by atoms with Gasteiger partial charge in [-0.15, -0.1) is 11.3 Å². The molecular formula is C17H25N3OS. The molecule has 0 aromatic carbocycles. The molecule has 2 aromatic heterocycles. The van der Waals surface area contributed by atoms with E-state index in [1.165, 1.54) is 4.88 Å². The summed E-state index contributed by atoms with van der Waals surface area (Å²) in [6, 6.07) is 6.24. The average molecular weight is 319 g/mol. The maximum Gasteiger partial charge on any atom is 0.272 e. The SMILES string of the molecule is CCC(CC)C(NC(=O)c1ccn(C(C)C)n1)c1cccs1. The molecule has 0 bridgehead atoms. The summed E-state index contributed by atoms with van der Waals surface area (Å²) in [4.78, 5) is 13.8. The predicted octanol–water partition coefficient (Wildman–Crippen LogP) is 4.43. The summed E-state index contributed by atoms with van der Waals surface area (Å²) >= 11 is 1.70. The fraction of sp³-hybridized carbons (Fsp3) is 0.529. The molecular weight excluding hydrogens is 294 g/mol. The molecule has 0 spiro atoms. The number of amides is 1. The summed E-state index contributed by atoms with van der Waals surface area (Å²) in [5.41, 5.74) is 0.487. The van der Waals surface area contributed by atoms with Crippen LogP contribution in [0.2, 0.25) is 0 Å². The quantitative estimate of drug-likeness (QED) is 0.820. The van der Waals surface area contributed by atoms with Gasteiger partial charge in [-0.2, -0.15) is 5.10 Å². The highest BCUT2D eigenvalue weighted by Crippen LogP contribution is 2.30. The number of thiophene rings is 1. The summed E-state index contributed by atoms with van der Waals surface area (Å²) in [6.07, 6.45) is 3.94. The Balaban J connectivity index is 2.17. The number of nitrogens with one attached hydrogen (secondary N) is 1. The third-order valence-electron chi connectivity index (χ3n) is 4.03. The molecule has 1 unspecified atom stereocenters. The van der Waals surface area contributed by atoms with E-state index in [9.17, 15) is 4.79 Å². The predicted molar refractivity (Wildman–Crippen MR) is 91.2 cm³/mol. The van der Waals surface area contributed by atoms with Gasteiger partial charge < -0.3 is 5.32 Å². The molecule has 0 aliphatic heterocycles. The van der Waals surface area contributed by atoms with Crippen molar-refractivity contribution in [2.45, 2.75) is 52.6 Å². The number of nitrogens with zero attached hydrogens (tertiary/aromatic N) is 2. The van der Waals surface area contributed by atoms with Crippen LogP contribution in [0.1, 0.15) is 68.0 Å². The maximum atomic E-state index is 12.5. The lowest BCUT2D eigenvalue weighted by Crippen LogP contribution is -2.33. The molecule has 1 atom stereocenters. The first-order valence-corrected chi connectivity index (χ1v) is 8.84. The Morgan fingerprint density at radius 3 is 2.55 bits per heavy atom.